The average Bonchev–Trinajstić information content (AvgIpc) is 2.88. The molecule has 6 heteroatoms. The topological polar surface area (TPSA) is 77.2 Å². The maximum absolute atomic E-state index is 12.0. The van der Waals surface area contributed by atoms with Crippen LogP contribution in [0.15, 0.2) is 29.1 Å². The number of nitrogens with two attached hydrogens (primary N) is 1. The highest BCUT2D eigenvalue weighted by atomic mass is 32.1. The van der Waals surface area contributed by atoms with E-state index < -0.39 is 0 Å². The lowest BCUT2D eigenvalue weighted by atomic mass is 10.1. The Morgan fingerprint density at radius 3 is 3.06 bits per heavy atom. The number of hydrogen-bond acceptors (Lipinski definition) is 5. The fourth-order valence-electron chi connectivity index (χ4n) is 1.55. The number of carbonyl (C=O) groups is 1. The van der Waals surface area contributed by atoms with Gasteiger partial charge in [0.1, 0.15) is 0 Å². The molecule has 94 valence electrons. The molecule has 0 saturated carbocycles. The van der Waals surface area contributed by atoms with Gasteiger partial charge in [0.15, 0.2) is 5.75 Å². The number of nitrogens with one attached hydrogen (secondary N) is 1. The monoisotopic (exact) mass is 263 g/mol. The van der Waals surface area contributed by atoms with E-state index in [4.69, 9.17) is 10.5 Å². The zero-order chi connectivity index (χ0) is 13.0. The third-order valence-corrected chi connectivity index (χ3v) is 3.04. The number of ether oxygens (including phenoxy) is 1. The van der Waals surface area contributed by atoms with Gasteiger partial charge in [-0.3, -0.25) is 4.79 Å². The summed E-state index contributed by atoms with van der Waals surface area (Å²) in [5.74, 6) is 0.167. The first-order valence-electron chi connectivity index (χ1n) is 5.30. The lowest BCUT2D eigenvalue weighted by molar-refractivity contribution is 0.0947. The number of benzene rings is 1. The second kappa shape index (κ2) is 5.50. The van der Waals surface area contributed by atoms with Crippen molar-refractivity contribution in [2.75, 3.05) is 12.8 Å². The van der Waals surface area contributed by atoms with Crippen molar-refractivity contribution >= 4 is 22.9 Å². The Morgan fingerprint density at radius 2 is 2.39 bits per heavy atom. The zero-order valence-corrected chi connectivity index (χ0v) is 10.7. The molecule has 18 heavy (non-hydrogen) atoms. The number of para-hydroxylation sites is 1. The van der Waals surface area contributed by atoms with Crippen LogP contribution >= 0.6 is 11.3 Å². The minimum atomic E-state index is -0.229. The van der Waals surface area contributed by atoms with E-state index in [9.17, 15) is 4.79 Å². The third-order valence-electron chi connectivity index (χ3n) is 2.41. The third kappa shape index (κ3) is 2.60. The Morgan fingerprint density at radius 1 is 1.56 bits per heavy atom. The molecule has 2 aromatic rings. The lowest BCUT2D eigenvalue weighted by Gasteiger charge is -2.10. The molecule has 0 fully saturated rings. The van der Waals surface area contributed by atoms with Crippen molar-refractivity contribution < 1.29 is 9.53 Å². The van der Waals surface area contributed by atoms with Crippen molar-refractivity contribution in [3.8, 4) is 5.75 Å². The van der Waals surface area contributed by atoms with Crippen LogP contribution in [0.2, 0.25) is 0 Å². The standard InChI is InChI=1S/C12H13N3O2S/c1-17-11-9(3-2-4-10(11)13)12(16)14-5-8-6-18-7-15-8/h2-4,6-7H,5,13H2,1H3,(H,14,16). The Balaban J connectivity index is 2.11. The molecule has 0 aliphatic rings. The molecule has 1 amide bonds. The van der Waals surface area contributed by atoms with Crippen LogP contribution in [0.4, 0.5) is 5.69 Å². The first-order chi connectivity index (χ1) is 8.72. The molecular formula is C12H13N3O2S. The summed E-state index contributed by atoms with van der Waals surface area (Å²) in [6.07, 6.45) is 0. The van der Waals surface area contributed by atoms with Gasteiger partial charge in [-0.15, -0.1) is 11.3 Å². The summed E-state index contributed by atoms with van der Waals surface area (Å²) in [7, 11) is 1.49. The second-order valence-corrected chi connectivity index (χ2v) is 4.31. The summed E-state index contributed by atoms with van der Waals surface area (Å²) in [4.78, 5) is 16.1. The van der Waals surface area contributed by atoms with E-state index in [1.165, 1.54) is 18.4 Å². The molecule has 0 atom stereocenters. The summed E-state index contributed by atoms with van der Waals surface area (Å²) in [5, 5.41) is 4.66. The van der Waals surface area contributed by atoms with Gasteiger partial charge in [0, 0.05) is 5.38 Å². The normalized spacial score (nSPS) is 10.1. The van der Waals surface area contributed by atoms with Gasteiger partial charge in [-0.25, -0.2) is 4.98 Å². The number of rotatable bonds is 4. The maximum Gasteiger partial charge on any atom is 0.255 e. The number of anilines is 1. The molecule has 0 aliphatic carbocycles. The zero-order valence-electron chi connectivity index (χ0n) is 9.84. The molecule has 0 unspecified atom stereocenters. The van der Waals surface area contributed by atoms with E-state index in [1.54, 1.807) is 23.7 Å². The highest BCUT2D eigenvalue weighted by molar-refractivity contribution is 7.07. The van der Waals surface area contributed by atoms with Gasteiger partial charge in [-0.05, 0) is 12.1 Å². The summed E-state index contributed by atoms with van der Waals surface area (Å²) >= 11 is 1.49. The van der Waals surface area contributed by atoms with Crippen LogP contribution in [0.1, 0.15) is 16.1 Å². The van der Waals surface area contributed by atoms with Gasteiger partial charge >= 0.3 is 0 Å². The van der Waals surface area contributed by atoms with Crippen LogP contribution in [0.25, 0.3) is 0 Å². The van der Waals surface area contributed by atoms with E-state index in [1.807, 2.05) is 5.38 Å². The SMILES string of the molecule is COc1c(N)cccc1C(=O)NCc1cscn1. The molecule has 1 heterocycles. The fraction of sp³-hybridized carbons (Fsp3) is 0.167. The predicted octanol–water partition coefficient (Wildman–Crippen LogP) is 1.66. The van der Waals surface area contributed by atoms with Crippen molar-refractivity contribution in [2.24, 2.45) is 0 Å². The Kier molecular flexibility index (Phi) is 3.78. The van der Waals surface area contributed by atoms with Crippen LogP contribution < -0.4 is 15.8 Å². The number of aromatic nitrogens is 1. The van der Waals surface area contributed by atoms with Crippen LogP contribution in [-0.2, 0) is 6.54 Å². The first-order valence-corrected chi connectivity index (χ1v) is 6.24. The number of nitrogens with zero attached hydrogens (tertiary/aromatic N) is 1. The average molecular weight is 263 g/mol. The quantitative estimate of drug-likeness (QED) is 0.822. The van der Waals surface area contributed by atoms with Crippen LogP contribution in [-0.4, -0.2) is 18.0 Å². The van der Waals surface area contributed by atoms with E-state index in [-0.39, 0.29) is 5.91 Å². The Labute approximate surface area is 109 Å². The number of hydrogen-bond donors (Lipinski definition) is 2. The van der Waals surface area contributed by atoms with Crippen LogP contribution in [0.5, 0.6) is 5.75 Å². The molecular weight excluding hydrogens is 250 g/mol. The van der Waals surface area contributed by atoms with E-state index in [0.29, 0.717) is 23.5 Å². The molecule has 0 saturated heterocycles. The number of amides is 1. The number of thiazole rings is 1. The number of nitrogen functional groups attached to an aromatic ring is 1. The van der Waals surface area contributed by atoms with Crippen molar-refractivity contribution in [3.63, 3.8) is 0 Å². The first kappa shape index (κ1) is 12.4. The van der Waals surface area contributed by atoms with Crippen LogP contribution in [0, 0.1) is 0 Å². The molecule has 5 nitrogen and oxygen atoms in total. The predicted molar refractivity (Wildman–Crippen MR) is 70.7 cm³/mol. The summed E-state index contributed by atoms with van der Waals surface area (Å²) in [6.45, 7) is 0.389. The van der Waals surface area contributed by atoms with Crippen molar-refractivity contribution in [1.82, 2.24) is 10.3 Å². The molecule has 3 N–H and O–H groups in total. The van der Waals surface area contributed by atoms with Crippen molar-refractivity contribution in [1.29, 1.82) is 0 Å². The van der Waals surface area contributed by atoms with Crippen molar-refractivity contribution in [2.45, 2.75) is 6.54 Å². The van der Waals surface area contributed by atoms with Crippen molar-refractivity contribution in [3.05, 3.63) is 40.3 Å². The van der Waals surface area contributed by atoms with Gasteiger partial charge in [0.25, 0.3) is 5.91 Å². The largest absolute Gasteiger partial charge is 0.494 e. The fourth-order valence-corrected chi connectivity index (χ4v) is 2.11. The van der Waals surface area contributed by atoms with Gasteiger partial charge in [0.2, 0.25) is 0 Å². The second-order valence-electron chi connectivity index (χ2n) is 3.59. The number of methoxy groups -OCH3 is 1. The van der Waals surface area contributed by atoms with Gasteiger partial charge in [-0.1, -0.05) is 6.07 Å². The summed E-state index contributed by atoms with van der Waals surface area (Å²) in [6, 6.07) is 5.08. The Hall–Kier alpha value is -2.08. The summed E-state index contributed by atoms with van der Waals surface area (Å²) in [5.41, 5.74) is 9.17. The highest BCUT2D eigenvalue weighted by Crippen LogP contribution is 2.25. The van der Waals surface area contributed by atoms with E-state index in [0.717, 1.165) is 5.69 Å². The molecule has 0 spiro atoms. The smallest absolute Gasteiger partial charge is 0.255 e. The highest BCUT2D eigenvalue weighted by Gasteiger charge is 2.14. The molecule has 0 aliphatic heterocycles. The summed E-state index contributed by atoms with van der Waals surface area (Å²) < 4.78 is 5.13. The number of carbonyl (C=O) groups excluding carboxylic acids is 1. The minimum absolute atomic E-state index is 0.229. The molecule has 1 aromatic heterocycles. The lowest BCUT2D eigenvalue weighted by Crippen LogP contribution is -2.23. The molecule has 2 rings (SSSR count). The molecule has 1 aromatic carbocycles. The van der Waals surface area contributed by atoms with Crippen LogP contribution in [0.3, 0.4) is 0 Å². The minimum Gasteiger partial charge on any atom is -0.494 e. The van der Waals surface area contributed by atoms with E-state index in [2.05, 4.69) is 10.3 Å². The Bertz CT molecular complexity index is 540. The molecule has 0 radical (unpaired) electrons. The van der Waals surface area contributed by atoms with Gasteiger partial charge in [-0.2, -0.15) is 0 Å². The maximum atomic E-state index is 12.0. The van der Waals surface area contributed by atoms with E-state index >= 15 is 0 Å². The van der Waals surface area contributed by atoms with Gasteiger partial charge in [0.05, 0.1) is 36.1 Å². The molecule has 0 bridgehead atoms. The van der Waals surface area contributed by atoms with Gasteiger partial charge < -0.3 is 15.8 Å².